The fourth-order valence-electron chi connectivity index (χ4n) is 3.10. The molecule has 5 heteroatoms. The molecule has 0 unspecified atom stereocenters. The molecule has 1 aliphatic heterocycles. The van der Waals surface area contributed by atoms with E-state index in [4.69, 9.17) is 0 Å². The minimum atomic E-state index is -0.174. The number of fused-ring (bicyclic) bond motifs is 1. The van der Waals surface area contributed by atoms with E-state index in [1.807, 2.05) is 42.5 Å². The van der Waals surface area contributed by atoms with E-state index >= 15 is 0 Å². The van der Waals surface area contributed by atoms with Crippen LogP contribution >= 0.6 is 0 Å². The van der Waals surface area contributed by atoms with E-state index < -0.39 is 0 Å². The van der Waals surface area contributed by atoms with Crippen LogP contribution in [0.1, 0.15) is 16.1 Å². The van der Waals surface area contributed by atoms with Crippen molar-refractivity contribution in [2.75, 3.05) is 23.4 Å². The van der Waals surface area contributed by atoms with Gasteiger partial charge in [0.05, 0.1) is 0 Å². The largest absolute Gasteiger partial charge is 0.324 e. The smallest absolute Gasteiger partial charge is 0.278 e. The molecule has 0 saturated carbocycles. The van der Waals surface area contributed by atoms with Gasteiger partial charge in [-0.05, 0) is 42.3 Å². The van der Waals surface area contributed by atoms with Crippen LogP contribution in [-0.4, -0.2) is 29.7 Å². The Hall–Kier alpha value is -3.21. The lowest BCUT2D eigenvalue weighted by Gasteiger charge is -2.19. The number of hydrogen-bond acceptors (Lipinski definition) is 4. The number of carbonyl (C=O) groups excluding carboxylic acids is 1. The molecule has 2 aromatic carbocycles. The predicted molar refractivity (Wildman–Crippen MR) is 98.4 cm³/mol. The Kier molecular flexibility index (Phi) is 3.90. The molecule has 3 aromatic rings. The highest BCUT2D eigenvalue weighted by atomic mass is 16.2. The van der Waals surface area contributed by atoms with Crippen LogP contribution in [0.5, 0.6) is 0 Å². The van der Waals surface area contributed by atoms with Crippen molar-refractivity contribution in [2.45, 2.75) is 6.42 Å². The molecule has 0 N–H and O–H groups in total. The first-order valence-corrected chi connectivity index (χ1v) is 8.26. The Morgan fingerprint density at radius 1 is 0.960 bits per heavy atom. The van der Waals surface area contributed by atoms with Crippen LogP contribution in [-0.2, 0) is 6.42 Å². The summed E-state index contributed by atoms with van der Waals surface area (Å²) in [6.07, 6.45) is 0.995. The van der Waals surface area contributed by atoms with Gasteiger partial charge < -0.3 is 9.80 Å². The molecular formula is C20H18N4O. The van der Waals surface area contributed by atoms with Gasteiger partial charge in [0.25, 0.3) is 5.91 Å². The summed E-state index contributed by atoms with van der Waals surface area (Å²) in [5, 5.41) is 8.44. The van der Waals surface area contributed by atoms with E-state index in [0.29, 0.717) is 5.69 Å². The Bertz CT molecular complexity index is 893. The Balaban J connectivity index is 1.56. The molecule has 1 aliphatic rings. The molecular weight excluding hydrogens is 312 g/mol. The zero-order chi connectivity index (χ0) is 17.2. The number of aromatic nitrogens is 2. The van der Waals surface area contributed by atoms with Gasteiger partial charge in [0.1, 0.15) is 0 Å². The number of para-hydroxylation sites is 2. The van der Waals surface area contributed by atoms with Gasteiger partial charge >= 0.3 is 0 Å². The van der Waals surface area contributed by atoms with Gasteiger partial charge in [-0.1, -0.05) is 36.4 Å². The first kappa shape index (κ1) is 15.3. The summed E-state index contributed by atoms with van der Waals surface area (Å²) < 4.78 is 0. The number of rotatable bonds is 3. The van der Waals surface area contributed by atoms with Crippen LogP contribution in [0.4, 0.5) is 17.2 Å². The van der Waals surface area contributed by atoms with Crippen molar-refractivity contribution < 1.29 is 4.79 Å². The molecule has 124 valence electrons. The zero-order valence-electron chi connectivity index (χ0n) is 14.0. The van der Waals surface area contributed by atoms with Gasteiger partial charge in [-0.25, -0.2) is 0 Å². The standard InChI is InChI=1S/C20H18N4O/c1-23(16-8-3-2-4-9-16)20(25)17-11-12-19(22-21-17)24-14-13-15-7-5-6-10-18(15)24/h2-12H,13-14H2,1H3. The average Bonchev–Trinajstić information content (AvgIpc) is 3.12. The third-order valence-electron chi connectivity index (χ3n) is 4.48. The SMILES string of the molecule is CN(C(=O)c1ccc(N2CCc3ccccc32)nn1)c1ccccc1. The summed E-state index contributed by atoms with van der Waals surface area (Å²) in [6, 6.07) is 21.4. The molecule has 1 aromatic heterocycles. The van der Waals surface area contributed by atoms with Gasteiger partial charge in [-0.15, -0.1) is 10.2 Å². The maximum absolute atomic E-state index is 12.6. The average molecular weight is 330 g/mol. The van der Waals surface area contributed by atoms with Crippen LogP contribution < -0.4 is 9.80 Å². The molecule has 5 nitrogen and oxygen atoms in total. The van der Waals surface area contributed by atoms with E-state index in [-0.39, 0.29) is 5.91 Å². The molecule has 0 bridgehead atoms. The van der Waals surface area contributed by atoms with Crippen LogP contribution in [0.25, 0.3) is 0 Å². The number of amides is 1. The molecule has 2 heterocycles. The second-order valence-corrected chi connectivity index (χ2v) is 6.01. The molecule has 25 heavy (non-hydrogen) atoms. The molecule has 0 aliphatic carbocycles. The Labute approximate surface area is 146 Å². The van der Waals surface area contributed by atoms with E-state index in [1.165, 1.54) is 5.56 Å². The van der Waals surface area contributed by atoms with Crippen molar-refractivity contribution in [3.05, 3.63) is 78.0 Å². The van der Waals surface area contributed by atoms with E-state index in [0.717, 1.165) is 30.2 Å². The minimum absolute atomic E-state index is 0.174. The third kappa shape index (κ3) is 2.85. The van der Waals surface area contributed by atoms with Crippen molar-refractivity contribution in [2.24, 2.45) is 0 Å². The van der Waals surface area contributed by atoms with Gasteiger partial charge in [-0.3, -0.25) is 4.79 Å². The predicted octanol–water partition coefficient (Wildman–Crippen LogP) is 3.45. The molecule has 0 fully saturated rings. The first-order chi connectivity index (χ1) is 12.2. The fraction of sp³-hybridized carbons (Fsp3) is 0.150. The second kappa shape index (κ2) is 6.36. The maximum Gasteiger partial charge on any atom is 0.278 e. The zero-order valence-corrected chi connectivity index (χ0v) is 14.0. The summed E-state index contributed by atoms with van der Waals surface area (Å²) in [6.45, 7) is 0.880. The minimum Gasteiger partial charge on any atom is -0.324 e. The fourth-order valence-corrected chi connectivity index (χ4v) is 3.10. The number of nitrogens with zero attached hydrogens (tertiary/aromatic N) is 4. The molecule has 0 spiro atoms. The number of anilines is 3. The lowest BCUT2D eigenvalue weighted by molar-refractivity contribution is 0.0987. The number of carbonyl (C=O) groups is 1. The molecule has 0 radical (unpaired) electrons. The maximum atomic E-state index is 12.6. The lowest BCUT2D eigenvalue weighted by Crippen LogP contribution is -2.27. The summed E-state index contributed by atoms with van der Waals surface area (Å²) in [5.41, 5.74) is 3.64. The summed E-state index contributed by atoms with van der Waals surface area (Å²) in [4.78, 5) is 16.3. The third-order valence-corrected chi connectivity index (χ3v) is 4.48. The van der Waals surface area contributed by atoms with Crippen LogP contribution in [0.2, 0.25) is 0 Å². The second-order valence-electron chi connectivity index (χ2n) is 6.01. The van der Waals surface area contributed by atoms with Gasteiger partial charge in [-0.2, -0.15) is 0 Å². The Morgan fingerprint density at radius 2 is 1.72 bits per heavy atom. The van der Waals surface area contributed by atoms with E-state index in [1.54, 1.807) is 18.0 Å². The monoisotopic (exact) mass is 330 g/mol. The topological polar surface area (TPSA) is 49.3 Å². The van der Waals surface area contributed by atoms with E-state index in [9.17, 15) is 4.79 Å². The van der Waals surface area contributed by atoms with Crippen molar-refractivity contribution in [3.8, 4) is 0 Å². The van der Waals surface area contributed by atoms with Crippen LogP contribution in [0.3, 0.4) is 0 Å². The van der Waals surface area contributed by atoms with Gasteiger partial charge in [0, 0.05) is 25.0 Å². The highest BCUT2D eigenvalue weighted by molar-refractivity contribution is 6.04. The van der Waals surface area contributed by atoms with E-state index in [2.05, 4.69) is 33.3 Å². The van der Waals surface area contributed by atoms with Gasteiger partial charge in [0.15, 0.2) is 11.5 Å². The first-order valence-electron chi connectivity index (χ1n) is 8.26. The number of benzene rings is 2. The molecule has 0 atom stereocenters. The van der Waals surface area contributed by atoms with Crippen molar-refractivity contribution in [3.63, 3.8) is 0 Å². The van der Waals surface area contributed by atoms with Crippen molar-refractivity contribution in [1.82, 2.24) is 10.2 Å². The lowest BCUT2D eigenvalue weighted by atomic mass is 10.2. The number of hydrogen-bond donors (Lipinski definition) is 0. The summed E-state index contributed by atoms with van der Waals surface area (Å²) in [5.74, 6) is 0.593. The van der Waals surface area contributed by atoms with Crippen molar-refractivity contribution in [1.29, 1.82) is 0 Å². The highest BCUT2D eigenvalue weighted by Crippen LogP contribution is 2.32. The molecule has 4 rings (SSSR count). The normalized spacial score (nSPS) is 12.8. The van der Waals surface area contributed by atoms with Gasteiger partial charge in [0.2, 0.25) is 0 Å². The summed E-state index contributed by atoms with van der Waals surface area (Å²) in [7, 11) is 1.74. The van der Waals surface area contributed by atoms with Crippen LogP contribution in [0.15, 0.2) is 66.7 Å². The molecule has 0 saturated heterocycles. The van der Waals surface area contributed by atoms with Crippen LogP contribution in [0, 0.1) is 0 Å². The van der Waals surface area contributed by atoms with Crippen molar-refractivity contribution >= 4 is 23.1 Å². The Morgan fingerprint density at radius 3 is 2.48 bits per heavy atom. The quantitative estimate of drug-likeness (QED) is 0.738. The molecule has 1 amide bonds. The highest BCUT2D eigenvalue weighted by Gasteiger charge is 2.22. The summed E-state index contributed by atoms with van der Waals surface area (Å²) >= 11 is 0.